The molecule has 0 saturated carbocycles. The summed E-state index contributed by atoms with van der Waals surface area (Å²) in [6, 6.07) is 4.19. The van der Waals surface area contributed by atoms with Gasteiger partial charge in [-0.25, -0.2) is 4.39 Å². The first-order chi connectivity index (χ1) is 21.2. The SMILES string of the molecule is COc1cccc2c1C(=O)c1c(O)c3c(c(O)c1C2=O)C[C@@](O)(C(=O)COC(=O)CCN)C[C@H]3O[C@@H]1O[C@@H](C)[C@@H](O)[C@H](O)[C@@H]1F. The molecule has 1 heterocycles. The van der Waals surface area contributed by atoms with E-state index in [0.717, 1.165) is 0 Å². The smallest absolute Gasteiger partial charge is 0.307 e. The van der Waals surface area contributed by atoms with E-state index in [4.69, 9.17) is 24.7 Å². The van der Waals surface area contributed by atoms with E-state index in [0.29, 0.717) is 0 Å². The number of aromatic hydroxyl groups is 2. The highest BCUT2D eigenvalue weighted by Gasteiger charge is 2.52. The summed E-state index contributed by atoms with van der Waals surface area (Å²) in [6.45, 7) is 0.341. The highest BCUT2D eigenvalue weighted by Crippen LogP contribution is 2.52. The molecule has 1 saturated heterocycles. The summed E-state index contributed by atoms with van der Waals surface area (Å²) in [5.41, 5.74) is 0.571. The van der Waals surface area contributed by atoms with Crippen molar-refractivity contribution in [2.75, 3.05) is 20.3 Å². The second-order valence-electron chi connectivity index (χ2n) is 11.2. The van der Waals surface area contributed by atoms with E-state index in [1.807, 2.05) is 0 Å². The Bertz CT molecular complexity index is 1580. The van der Waals surface area contributed by atoms with Crippen molar-refractivity contribution in [3.63, 3.8) is 0 Å². The molecule has 2 aliphatic carbocycles. The Kier molecular flexibility index (Phi) is 8.70. The largest absolute Gasteiger partial charge is 0.507 e. The predicted octanol–water partition coefficient (Wildman–Crippen LogP) is -0.117. The number of rotatable bonds is 8. The number of esters is 1. The zero-order chi connectivity index (χ0) is 33.0. The van der Waals surface area contributed by atoms with Gasteiger partial charge in [-0.2, -0.15) is 0 Å². The molecule has 0 spiro atoms. The van der Waals surface area contributed by atoms with Crippen molar-refractivity contribution in [2.45, 2.75) is 68.7 Å². The number of phenols is 2. The summed E-state index contributed by atoms with van der Waals surface area (Å²) < 4.78 is 36.5. The molecular formula is C30H32FNO13. The maximum Gasteiger partial charge on any atom is 0.307 e. The van der Waals surface area contributed by atoms with Crippen molar-refractivity contribution in [3.05, 3.63) is 51.6 Å². The second-order valence-corrected chi connectivity index (χ2v) is 11.2. The first-order valence-electron chi connectivity index (χ1n) is 14.0. The van der Waals surface area contributed by atoms with Gasteiger partial charge in [0.05, 0.1) is 42.4 Å². The molecule has 1 fully saturated rings. The van der Waals surface area contributed by atoms with Crippen LogP contribution in [0.2, 0.25) is 0 Å². The number of hydrogen-bond acceptors (Lipinski definition) is 14. The standard InChI is InChI=1S/C30H32FNO13/c1-11-23(35)28(40)22(31)29(44-11)45-15-9-30(41,16(33)10-43-17(34)6-7-32)8-13-19(15)27(39)21-20(25(13)37)24(36)12-4-3-5-14(42-2)18(12)26(21)38/h3-5,11,15,22-23,28-29,35,37,39-41H,6-10,32H2,1-2H3/t11-,15+,22-,23+,28+,29-,30-/m0/s1. The minimum Gasteiger partial charge on any atom is -0.507 e. The number of fused-ring (bicyclic) bond motifs is 3. The Balaban J connectivity index is 1.64. The molecule has 45 heavy (non-hydrogen) atoms. The van der Waals surface area contributed by atoms with E-state index in [9.17, 15) is 44.7 Å². The summed E-state index contributed by atoms with van der Waals surface area (Å²) in [5.74, 6) is -5.33. The van der Waals surface area contributed by atoms with Crippen LogP contribution in [0, 0.1) is 0 Å². The quantitative estimate of drug-likeness (QED) is 0.140. The van der Waals surface area contributed by atoms with Gasteiger partial charge >= 0.3 is 5.97 Å². The highest BCUT2D eigenvalue weighted by molar-refractivity contribution is 6.31. The molecule has 0 amide bonds. The molecule has 7 atom stereocenters. The van der Waals surface area contributed by atoms with Crippen LogP contribution in [0.5, 0.6) is 17.2 Å². The molecule has 2 aromatic rings. The van der Waals surface area contributed by atoms with Crippen molar-refractivity contribution in [3.8, 4) is 17.2 Å². The number of ether oxygens (including phenoxy) is 4. The first-order valence-corrected chi connectivity index (χ1v) is 14.0. The molecule has 0 unspecified atom stereocenters. The average Bonchev–Trinajstić information content (AvgIpc) is 3.01. The van der Waals surface area contributed by atoms with Gasteiger partial charge in [-0.1, -0.05) is 12.1 Å². The van der Waals surface area contributed by atoms with Crippen LogP contribution in [-0.4, -0.2) is 105 Å². The number of phenolic OH excluding ortho intramolecular Hbond substituents is 2. The van der Waals surface area contributed by atoms with Gasteiger partial charge in [-0.3, -0.25) is 19.2 Å². The van der Waals surface area contributed by atoms with Gasteiger partial charge in [0.2, 0.25) is 11.6 Å². The van der Waals surface area contributed by atoms with Crippen LogP contribution in [0.15, 0.2) is 18.2 Å². The van der Waals surface area contributed by atoms with Crippen LogP contribution in [0.1, 0.15) is 68.8 Å². The molecule has 15 heteroatoms. The zero-order valence-corrected chi connectivity index (χ0v) is 24.2. The number of Topliss-reactive ketones (excluding diaryl/α,β-unsaturated/α-hetero) is 1. The van der Waals surface area contributed by atoms with E-state index in [1.165, 1.54) is 32.2 Å². The molecule has 5 rings (SSSR count). The van der Waals surface area contributed by atoms with Crippen LogP contribution in [0.3, 0.4) is 0 Å². The third-order valence-electron chi connectivity index (χ3n) is 8.37. The average molecular weight is 634 g/mol. The number of methoxy groups -OCH3 is 1. The number of ketones is 3. The number of aliphatic hydroxyl groups excluding tert-OH is 2. The molecule has 2 aromatic carbocycles. The summed E-state index contributed by atoms with van der Waals surface area (Å²) in [5, 5.41) is 54.8. The van der Waals surface area contributed by atoms with Gasteiger partial charge in [0.15, 0.2) is 24.9 Å². The summed E-state index contributed by atoms with van der Waals surface area (Å²) in [6.07, 6.45) is -12.4. The van der Waals surface area contributed by atoms with Gasteiger partial charge < -0.3 is 50.2 Å². The maximum atomic E-state index is 15.2. The Morgan fingerprint density at radius 2 is 1.78 bits per heavy atom. The first kappa shape index (κ1) is 32.4. The molecule has 0 radical (unpaired) electrons. The third kappa shape index (κ3) is 5.34. The van der Waals surface area contributed by atoms with Crippen LogP contribution >= 0.6 is 0 Å². The van der Waals surface area contributed by atoms with Gasteiger partial charge in [-0.05, 0) is 13.0 Å². The fourth-order valence-corrected chi connectivity index (χ4v) is 5.98. The molecule has 7 N–H and O–H groups in total. The van der Waals surface area contributed by atoms with Crippen LogP contribution in [0.25, 0.3) is 0 Å². The molecule has 242 valence electrons. The van der Waals surface area contributed by atoms with Crippen LogP contribution in [0.4, 0.5) is 4.39 Å². The Morgan fingerprint density at radius 3 is 2.44 bits per heavy atom. The van der Waals surface area contributed by atoms with Gasteiger partial charge in [-0.15, -0.1) is 0 Å². The lowest BCUT2D eigenvalue weighted by molar-refractivity contribution is -0.294. The van der Waals surface area contributed by atoms with Crippen molar-refractivity contribution < 1.29 is 68.0 Å². The molecule has 0 aromatic heterocycles. The summed E-state index contributed by atoms with van der Waals surface area (Å²) in [7, 11) is 1.27. The molecule has 3 aliphatic rings. The molecular weight excluding hydrogens is 601 g/mol. The lowest BCUT2D eigenvalue weighted by Gasteiger charge is -2.43. The van der Waals surface area contributed by atoms with Crippen LogP contribution < -0.4 is 10.5 Å². The second kappa shape index (κ2) is 12.1. The number of nitrogens with two attached hydrogens (primary N) is 1. The van der Waals surface area contributed by atoms with Gasteiger partial charge in [0.1, 0.15) is 35.1 Å². The summed E-state index contributed by atoms with van der Waals surface area (Å²) >= 11 is 0. The number of carbonyl (C=O) groups is 4. The Hall–Kier alpha value is -3.99. The normalized spacial score (nSPS) is 29.0. The molecule has 0 bridgehead atoms. The van der Waals surface area contributed by atoms with Gasteiger partial charge in [0.25, 0.3) is 0 Å². The summed E-state index contributed by atoms with van der Waals surface area (Å²) in [4.78, 5) is 52.5. The van der Waals surface area contributed by atoms with E-state index >= 15 is 4.39 Å². The highest BCUT2D eigenvalue weighted by atomic mass is 19.1. The molecule has 14 nitrogen and oxygen atoms in total. The number of aliphatic hydroxyl groups is 3. The third-order valence-corrected chi connectivity index (χ3v) is 8.37. The lowest BCUT2D eigenvalue weighted by Crippen LogP contribution is -2.56. The van der Waals surface area contributed by atoms with Crippen LogP contribution in [-0.2, 0) is 30.2 Å². The Labute approximate surface area is 255 Å². The van der Waals surface area contributed by atoms with Crippen molar-refractivity contribution in [1.29, 1.82) is 0 Å². The van der Waals surface area contributed by atoms with E-state index in [-0.39, 0.29) is 41.0 Å². The number of hydrogen-bond donors (Lipinski definition) is 6. The van der Waals surface area contributed by atoms with Crippen molar-refractivity contribution >= 4 is 23.3 Å². The molecule has 1 aliphatic heterocycles. The maximum absolute atomic E-state index is 15.2. The van der Waals surface area contributed by atoms with Gasteiger partial charge in [0, 0.05) is 36.1 Å². The monoisotopic (exact) mass is 633 g/mol. The fourth-order valence-electron chi connectivity index (χ4n) is 5.98. The van der Waals surface area contributed by atoms with E-state index < -0.39 is 108 Å². The zero-order valence-electron chi connectivity index (χ0n) is 24.2. The Morgan fingerprint density at radius 1 is 1.09 bits per heavy atom. The number of alkyl halides is 1. The number of carbonyl (C=O) groups excluding carboxylic acids is 4. The topological polar surface area (TPSA) is 232 Å². The van der Waals surface area contributed by atoms with Crippen molar-refractivity contribution in [1.82, 2.24) is 0 Å². The number of benzene rings is 2. The van der Waals surface area contributed by atoms with E-state index in [2.05, 4.69) is 0 Å². The minimum atomic E-state index is -2.48. The lowest BCUT2D eigenvalue weighted by atomic mass is 9.72. The minimum absolute atomic E-state index is 0.0162. The number of halogens is 1. The van der Waals surface area contributed by atoms with E-state index in [1.54, 1.807) is 0 Å². The fraction of sp³-hybridized carbons (Fsp3) is 0.467. The predicted molar refractivity (Wildman–Crippen MR) is 148 cm³/mol. The van der Waals surface area contributed by atoms with Crippen molar-refractivity contribution in [2.24, 2.45) is 5.73 Å².